The maximum absolute atomic E-state index is 15.1. The highest BCUT2D eigenvalue weighted by Crippen LogP contribution is 2.35. The molecule has 38 heavy (non-hydrogen) atoms. The molecule has 3 N–H and O–H groups in total. The summed E-state index contributed by atoms with van der Waals surface area (Å²) in [4.78, 5) is 40.3. The van der Waals surface area contributed by atoms with Crippen LogP contribution in [0.1, 0.15) is 15.9 Å². The first kappa shape index (κ1) is 29.0. The second-order valence-corrected chi connectivity index (χ2v) is 11.2. The van der Waals surface area contributed by atoms with E-state index in [1.807, 2.05) is 0 Å². The standard InChI is InChI=1S/C22H17ClF4N4O5S2/c1-3-4-17(23)37-10-38(35,36)30-19(32)11-7-14(22(25,26)27)18(15(24)8-11)31-20(33)13-6-5-12(28-2)9-16(13)29-21(31)34/h3-9,28H,1,10H2,2H3,(H,29,34)(H,30,32)/b17-4-. The lowest BCUT2D eigenvalue weighted by atomic mass is 10.1. The van der Waals surface area contributed by atoms with Gasteiger partial charge in [0.1, 0.15) is 16.6 Å². The number of nitrogens with zero attached hydrogens (tertiary/aromatic N) is 1. The number of alkyl halides is 3. The zero-order valence-corrected chi connectivity index (χ0v) is 21.5. The number of sulfonamides is 1. The molecule has 1 aromatic heterocycles. The summed E-state index contributed by atoms with van der Waals surface area (Å²) >= 11 is 6.31. The number of anilines is 1. The number of halogens is 5. The Kier molecular flexibility index (Phi) is 8.43. The minimum Gasteiger partial charge on any atom is -0.388 e. The average molecular weight is 593 g/mol. The molecular weight excluding hydrogens is 576 g/mol. The van der Waals surface area contributed by atoms with Crippen LogP contribution in [0.4, 0.5) is 23.2 Å². The molecule has 16 heteroatoms. The van der Waals surface area contributed by atoms with Crippen molar-refractivity contribution in [3.8, 4) is 5.69 Å². The van der Waals surface area contributed by atoms with E-state index in [0.717, 1.165) is 0 Å². The minimum absolute atomic E-state index is 0.000749. The summed E-state index contributed by atoms with van der Waals surface area (Å²) in [7, 11) is -2.87. The third-order valence-electron chi connectivity index (χ3n) is 4.89. The van der Waals surface area contributed by atoms with E-state index in [2.05, 4.69) is 16.9 Å². The molecule has 0 aliphatic heterocycles. The van der Waals surface area contributed by atoms with Gasteiger partial charge in [-0.3, -0.25) is 9.59 Å². The number of aromatic amines is 1. The van der Waals surface area contributed by atoms with Crippen molar-refractivity contribution in [2.75, 3.05) is 17.4 Å². The molecule has 0 aliphatic rings. The normalized spacial score (nSPS) is 12.4. The molecule has 0 unspecified atom stereocenters. The van der Waals surface area contributed by atoms with Crippen LogP contribution in [0.2, 0.25) is 0 Å². The topological polar surface area (TPSA) is 130 Å². The second kappa shape index (κ2) is 11.0. The van der Waals surface area contributed by atoms with E-state index in [1.165, 1.54) is 35.1 Å². The molecule has 0 atom stereocenters. The third-order valence-corrected chi connectivity index (χ3v) is 7.96. The largest absolute Gasteiger partial charge is 0.418 e. The van der Waals surface area contributed by atoms with Gasteiger partial charge in [0.2, 0.25) is 10.0 Å². The van der Waals surface area contributed by atoms with Crippen molar-refractivity contribution in [2.45, 2.75) is 6.18 Å². The fourth-order valence-electron chi connectivity index (χ4n) is 3.25. The van der Waals surface area contributed by atoms with Crippen molar-refractivity contribution >= 4 is 55.9 Å². The number of allylic oxidation sites excluding steroid dienone is 2. The van der Waals surface area contributed by atoms with E-state index in [-0.39, 0.29) is 32.0 Å². The highest BCUT2D eigenvalue weighted by molar-refractivity contribution is 8.15. The lowest BCUT2D eigenvalue weighted by Gasteiger charge is -2.17. The molecule has 9 nitrogen and oxygen atoms in total. The number of hydrogen-bond acceptors (Lipinski definition) is 7. The Morgan fingerprint density at radius 3 is 2.53 bits per heavy atom. The quantitative estimate of drug-likeness (QED) is 0.267. The van der Waals surface area contributed by atoms with E-state index in [1.54, 1.807) is 7.05 Å². The summed E-state index contributed by atoms with van der Waals surface area (Å²) in [5.74, 6) is -3.35. The molecule has 0 saturated carbocycles. The second-order valence-electron chi connectivity index (χ2n) is 7.45. The van der Waals surface area contributed by atoms with Crippen LogP contribution in [0.3, 0.4) is 0 Å². The van der Waals surface area contributed by atoms with Gasteiger partial charge in [-0.2, -0.15) is 13.2 Å². The fraction of sp³-hybridized carbons (Fsp3) is 0.136. The SMILES string of the molecule is C=C/C=C(/Cl)SCS(=O)(=O)NC(=O)c1cc(F)c(-n2c(=O)[nH]c3cc(NC)ccc3c2=O)c(C(F)(F)F)c1. The lowest BCUT2D eigenvalue weighted by molar-refractivity contribution is -0.137. The Hall–Kier alpha value is -3.56. The van der Waals surface area contributed by atoms with Crippen LogP contribution >= 0.6 is 23.4 Å². The molecule has 2 aromatic carbocycles. The Labute approximate surface area is 221 Å². The Morgan fingerprint density at radius 2 is 1.92 bits per heavy atom. The van der Waals surface area contributed by atoms with Crippen molar-refractivity contribution in [1.29, 1.82) is 0 Å². The number of carbonyl (C=O) groups excluding carboxylic acids is 1. The number of fused-ring (bicyclic) bond motifs is 1. The van der Waals surface area contributed by atoms with Crippen molar-refractivity contribution in [3.05, 3.63) is 91.2 Å². The zero-order valence-electron chi connectivity index (χ0n) is 19.2. The van der Waals surface area contributed by atoms with Crippen LogP contribution in [-0.4, -0.2) is 36.0 Å². The molecule has 0 fully saturated rings. The summed E-state index contributed by atoms with van der Waals surface area (Å²) in [5.41, 5.74) is -6.50. The number of rotatable bonds is 8. The molecule has 0 saturated heterocycles. The summed E-state index contributed by atoms with van der Waals surface area (Å²) < 4.78 is 82.9. The van der Waals surface area contributed by atoms with Crippen LogP contribution in [0.25, 0.3) is 16.6 Å². The molecule has 0 bridgehead atoms. The molecule has 0 radical (unpaired) electrons. The molecule has 0 aliphatic carbocycles. The van der Waals surface area contributed by atoms with Crippen molar-refractivity contribution in [1.82, 2.24) is 14.3 Å². The van der Waals surface area contributed by atoms with Crippen LogP contribution in [0.5, 0.6) is 0 Å². The molecule has 1 amide bonds. The highest BCUT2D eigenvalue weighted by atomic mass is 35.5. The van der Waals surface area contributed by atoms with E-state index in [4.69, 9.17) is 11.6 Å². The van der Waals surface area contributed by atoms with Gasteiger partial charge in [0.05, 0.1) is 20.8 Å². The van der Waals surface area contributed by atoms with E-state index >= 15 is 4.39 Å². The highest BCUT2D eigenvalue weighted by Gasteiger charge is 2.38. The van der Waals surface area contributed by atoms with E-state index < -0.39 is 61.1 Å². The molecule has 1 heterocycles. The summed E-state index contributed by atoms with van der Waals surface area (Å²) in [6.07, 6.45) is -2.82. The van der Waals surface area contributed by atoms with Crippen molar-refractivity contribution in [2.24, 2.45) is 0 Å². The van der Waals surface area contributed by atoms with Gasteiger partial charge in [-0.25, -0.2) is 26.9 Å². The molecule has 0 spiro atoms. The van der Waals surface area contributed by atoms with Gasteiger partial charge in [0, 0.05) is 18.3 Å². The molecule has 202 valence electrons. The predicted octanol–water partition coefficient (Wildman–Crippen LogP) is 3.90. The number of aromatic nitrogens is 2. The predicted molar refractivity (Wildman–Crippen MR) is 138 cm³/mol. The molecule has 3 aromatic rings. The number of carbonyl (C=O) groups is 1. The number of nitrogens with one attached hydrogen (secondary N) is 3. The van der Waals surface area contributed by atoms with Crippen LogP contribution in [-0.2, 0) is 16.2 Å². The number of H-pyrrole nitrogens is 1. The Morgan fingerprint density at radius 1 is 1.24 bits per heavy atom. The van der Waals surface area contributed by atoms with Gasteiger partial charge in [-0.15, -0.1) is 0 Å². The van der Waals surface area contributed by atoms with Crippen LogP contribution in [0.15, 0.2) is 63.0 Å². The summed E-state index contributed by atoms with van der Waals surface area (Å²) in [6.45, 7) is 3.36. The van der Waals surface area contributed by atoms with Crippen molar-refractivity contribution in [3.63, 3.8) is 0 Å². The smallest absolute Gasteiger partial charge is 0.388 e. The van der Waals surface area contributed by atoms with Crippen LogP contribution in [0, 0.1) is 5.82 Å². The molecular formula is C22H17ClF4N4O5S2. The fourth-order valence-corrected chi connectivity index (χ4v) is 5.64. The zero-order chi connectivity index (χ0) is 28.4. The van der Waals surface area contributed by atoms with E-state index in [9.17, 15) is 36.0 Å². The summed E-state index contributed by atoms with van der Waals surface area (Å²) in [6, 6.07) is 4.42. The lowest BCUT2D eigenvalue weighted by Crippen LogP contribution is -2.36. The van der Waals surface area contributed by atoms with Gasteiger partial charge >= 0.3 is 11.9 Å². The number of hydrogen-bond donors (Lipinski definition) is 3. The molecule has 3 rings (SSSR count). The van der Waals surface area contributed by atoms with Gasteiger partial charge < -0.3 is 10.3 Å². The number of benzene rings is 2. The Balaban J connectivity index is 2.13. The monoisotopic (exact) mass is 592 g/mol. The van der Waals surface area contributed by atoms with Gasteiger partial charge in [0.25, 0.3) is 11.5 Å². The first-order valence-corrected chi connectivity index (χ1v) is 13.2. The average Bonchev–Trinajstić information content (AvgIpc) is 2.82. The first-order chi connectivity index (χ1) is 17.7. The van der Waals surface area contributed by atoms with E-state index in [0.29, 0.717) is 17.4 Å². The maximum Gasteiger partial charge on any atom is 0.418 e. The first-order valence-electron chi connectivity index (χ1n) is 10.2. The number of thioether (sulfide) groups is 1. The van der Waals surface area contributed by atoms with Crippen molar-refractivity contribution < 1.29 is 30.8 Å². The van der Waals surface area contributed by atoms with Gasteiger partial charge in [-0.05, 0) is 36.4 Å². The third kappa shape index (κ3) is 6.28. The number of amides is 1. The van der Waals surface area contributed by atoms with Crippen LogP contribution < -0.4 is 21.3 Å². The van der Waals surface area contributed by atoms with Gasteiger partial charge in [0.15, 0.2) is 0 Å². The summed E-state index contributed by atoms with van der Waals surface area (Å²) in [5, 5.41) is 1.76. The maximum atomic E-state index is 15.1. The Bertz CT molecular complexity index is 1700. The van der Waals surface area contributed by atoms with Gasteiger partial charge in [-0.1, -0.05) is 36.0 Å². The minimum atomic E-state index is -5.36.